The summed E-state index contributed by atoms with van der Waals surface area (Å²) in [5, 5.41) is 15.2. The third kappa shape index (κ3) is 4.11. The zero-order chi connectivity index (χ0) is 19.6. The number of carboxylic acid groups (broad SMARTS) is 1. The predicted molar refractivity (Wildman–Crippen MR) is 87.7 cm³/mol. The molecule has 1 aromatic carbocycles. The quantitative estimate of drug-likeness (QED) is 0.847. The number of aromatic carboxylic acids is 1. The van der Waals surface area contributed by atoms with E-state index >= 15 is 0 Å². The Morgan fingerprint density at radius 1 is 1.26 bits per heavy atom. The van der Waals surface area contributed by atoms with Crippen molar-refractivity contribution in [1.82, 2.24) is 9.78 Å². The van der Waals surface area contributed by atoms with Gasteiger partial charge in [-0.15, -0.1) is 0 Å². The van der Waals surface area contributed by atoms with Crippen molar-refractivity contribution < 1.29 is 32.6 Å². The van der Waals surface area contributed by atoms with Gasteiger partial charge in [-0.2, -0.15) is 18.3 Å². The molecule has 1 amide bonds. The molecule has 2 aromatic rings. The maximum Gasteiger partial charge on any atom is 0.434 e. The van der Waals surface area contributed by atoms with Crippen molar-refractivity contribution in [3.05, 3.63) is 41.7 Å². The number of amides is 1. The summed E-state index contributed by atoms with van der Waals surface area (Å²) in [5.74, 6) is -2.20. The number of nitrogens with zero attached hydrogens (tertiary/aromatic N) is 2. The zero-order valence-corrected chi connectivity index (χ0v) is 14.0. The number of benzene rings is 1. The lowest BCUT2D eigenvalue weighted by molar-refractivity contribution is -0.143. The van der Waals surface area contributed by atoms with Crippen LogP contribution in [0.4, 0.5) is 18.9 Å². The van der Waals surface area contributed by atoms with E-state index in [-0.39, 0.29) is 17.5 Å². The summed E-state index contributed by atoms with van der Waals surface area (Å²) in [4.78, 5) is 23.2. The maximum atomic E-state index is 13.3. The summed E-state index contributed by atoms with van der Waals surface area (Å²) < 4.78 is 45.5. The fourth-order valence-corrected chi connectivity index (χ4v) is 2.85. The first-order chi connectivity index (χ1) is 12.8. The lowest BCUT2D eigenvalue weighted by atomic mass is 10.0. The summed E-state index contributed by atoms with van der Waals surface area (Å²) in [6.07, 6.45) is -2.73. The molecule has 2 N–H and O–H groups in total. The number of rotatable bonds is 4. The third-order valence-corrected chi connectivity index (χ3v) is 4.18. The summed E-state index contributed by atoms with van der Waals surface area (Å²) in [7, 11) is 0. The number of aromatic nitrogens is 2. The molecular formula is C17H16F3N3O4. The van der Waals surface area contributed by atoms with Crippen LogP contribution in [0.15, 0.2) is 30.5 Å². The van der Waals surface area contributed by atoms with E-state index in [2.05, 4.69) is 10.4 Å². The van der Waals surface area contributed by atoms with Crippen molar-refractivity contribution in [2.24, 2.45) is 5.92 Å². The highest BCUT2D eigenvalue weighted by Crippen LogP contribution is 2.33. The van der Waals surface area contributed by atoms with Gasteiger partial charge in [-0.05, 0) is 37.1 Å². The molecule has 144 valence electrons. The smallest absolute Gasteiger partial charge is 0.434 e. The van der Waals surface area contributed by atoms with Crippen LogP contribution in [0.5, 0.6) is 0 Å². The molecule has 1 unspecified atom stereocenters. The summed E-state index contributed by atoms with van der Waals surface area (Å²) in [5.41, 5.74) is -1.87. The van der Waals surface area contributed by atoms with Crippen molar-refractivity contribution in [2.75, 3.05) is 18.5 Å². The Kier molecular flexibility index (Phi) is 5.17. The van der Waals surface area contributed by atoms with E-state index in [0.29, 0.717) is 36.2 Å². The van der Waals surface area contributed by atoms with Crippen LogP contribution in [0.3, 0.4) is 0 Å². The number of anilines is 1. The van der Waals surface area contributed by atoms with Gasteiger partial charge < -0.3 is 15.2 Å². The molecule has 27 heavy (non-hydrogen) atoms. The van der Waals surface area contributed by atoms with Crippen molar-refractivity contribution in [3.63, 3.8) is 0 Å². The lowest BCUT2D eigenvalue weighted by Crippen LogP contribution is -2.30. The first-order valence-corrected chi connectivity index (χ1v) is 8.15. The monoisotopic (exact) mass is 383 g/mol. The molecule has 2 heterocycles. The van der Waals surface area contributed by atoms with Gasteiger partial charge in [-0.25, -0.2) is 9.48 Å². The normalized spacial score (nSPS) is 17.5. The minimum Gasteiger partial charge on any atom is -0.478 e. The van der Waals surface area contributed by atoms with Gasteiger partial charge in [0, 0.05) is 12.3 Å². The van der Waals surface area contributed by atoms with Gasteiger partial charge in [0.25, 0.3) is 0 Å². The molecule has 1 aliphatic heterocycles. The second-order valence-corrected chi connectivity index (χ2v) is 6.07. The summed E-state index contributed by atoms with van der Waals surface area (Å²) in [6, 6.07) is 5.50. The molecule has 1 aliphatic rings. The highest BCUT2D eigenvalue weighted by Gasteiger charge is 2.40. The van der Waals surface area contributed by atoms with Gasteiger partial charge in [-0.3, -0.25) is 4.79 Å². The van der Waals surface area contributed by atoms with Crippen LogP contribution in [-0.2, 0) is 15.7 Å². The predicted octanol–water partition coefficient (Wildman–Crippen LogP) is 2.95. The molecule has 7 nitrogen and oxygen atoms in total. The van der Waals surface area contributed by atoms with Gasteiger partial charge in [0.15, 0.2) is 5.69 Å². The number of halogens is 3. The molecule has 10 heteroatoms. The van der Waals surface area contributed by atoms with Crippen LogP contribution in [0.1, 0.15) is 28.9 Å². The van der Waals surface area contributed by atoms with Crippen molar-refractivity contribution >= 4 is 17.6 Å². The van der Waals surface area contributed by atoms with E-state index in [1.807, 2.05) is 0 Å². The molecule has 3 rings (SSSR count). The topological polar surface area (TPSA) is 93.5 Å². The Hall–Kier alpha value is -2.88. The highest BCUT2D eigenvalue weighted by atomic mass is 19.4. The fraction of sp³-hybridized carbons (Fsp3) is 0.353. The van der Waals surface area contributed by atoms with Crippen molar-refractivity contribution in [2.45, 2.75) is 19.0 Å². The minimum atomic E-state index is -4.89. The lowest BCUT2D eigenvalue weighted by Gasteiger charge is -2.21. The first-order valence-electron chi connectivity index (χ1n) is 8.15. The molecule has 1 fully saturated rings. The van der Waals surface area contributed by atoms with Gasteiger partial charge in [0.2, 0.25) is 5.91 Å². The number of ether oxygens (including phenoxy) is 1. The molecule has 0 spiro atoms. The summed E-state index contributed by atoms with van der Waals surface area (Å²) >= 11 is 0. The van der Waals surface area contributed by atoms with E-state index in [0.717, 1.165) is 6.42 Å². The molecule has 0 aliphatic carbocycles. The van der Waals surface area contributed by atoms with Gasteiger partial charge in [-0.1, -0.05) is 0 Å². The number of nitrogens with one attached hydrogen (secondary N) is 1. The second-order valence-electron chi connectivity index (χ2n) is 6.07. The fourth-order valence-electron chi connectivity index (χ4n) is 2.85. The zero-order valence-electron chi connectivity index (χ0n) is 14.0. The number of hydrogen-bond acceptors (Lipinski definition) is 4. The largest absolute Gasteiger partial charge is 0.478 e. The van der Waals surface area contributed by atoms with Gasteiger partial charge in [0.1, 0.15) is 5.56 Å². The Bertz CT molecular complexity index is 840. The molecule has 0 saturated carbocycles. The first kappa shape index (κ1) is 18.9. The minimum absolute atomic E-state index is 0.0221. The maximum absolute atomic E-state index is 13.3. The van der Waals surface area contributed by atoms with E-state index in [1.54, 1.807) is 0 Å². The van der Waals surface area contributed by atoms with E-state index < -0.39 is 23.4 Å². The number of carboxylic acids is 1. The Morgan fingerprint density at radius 2 is 1.96 bits per heavy atom. The molecule has 1 aromatic heterocycles. The molecule has 1 atom stereocenters. The molecule has 0 bridgehead atoms. The van der Waals surface area contributed by atoms with E-state index in [1.165, 1.54) is 24.3 Å². The van der Waals surface area contributed by atoms with Crippen molar-refractivity contribution in [3.8, 4) is 5.69 Å². The van der Waals surface area contributed by atoms with E-state index in [4.69, 9.17) is 9.84 Å². The Labute approximate surface area is 151 Å². The standard InChI is InChI=1S/C17H16F3N3O4/c18-17(19,20)14-13(16(25)26)8-21-23(14)12-5-3-11(4-6-12)22-15(24)10-2-1-7-27-9-10/h3-6,8,10H,1-2,7,9H2,(H,22,24)(H,25,26). The average molecular weight is 383 g/mol. The van der Waals surface area contributed by atoms with Crippen LogP contribution < -0.4 is 5.32 Å². The van der Waals surface area contributed by atoms with Crippen LogP contribution in [0.2, 0.25) is 0 Å². The highest BCUT2D eigenvalue weighted by molar-refractivity contribution is 5.92. The third-order valence-electron chi connectivity index (χ3n) is 4.18. The Balaban J connectivity index is 1.81. The van der Waals surface area contributed by atoms with Crippen LogP contribution >= 0.6 is 0 Å². The number of carbonyl (C=O) groups excluding carboxylic acids is 1. The summed E-state index contributed by atoms with van der Waals surface area (Å²) in [6.45, 7) is 0.965. The second kappa shape index (κ2) is 7.39. The van der Waals surface area contributed by atoms with E-state index in [9.17, 15) is 22.8 Å². The molecule has 0 radical (unpaired) electrons. The number of hydrogen-bond donors (Lipinski definition) is 2. The SMILES string of the molecule is O=C(O)c1cnn(-c2ccc(NC(=O)C3CCCOC3)cc2)c1C(F)(F)F. The van der Waals surface area contributed by atoms with Gasteiger partial charge in [0.05, 0.1) is 24.4 Å². The van der Waals surface area contributed by atoms with Crippen LogP contribution in [0, 0.1) is 5.92 Å². The number of carbonyl (C=O) groups is 2. The molecular weight excluding hydrogens is 367 g/mol. The van der Waals surface area contributed by atoms with Crippen molar-refractivity contribution in [1.29, 1.82) is 0 Å². The van der Waals surface area contributed by atoms with Crippen LogP contribution in [-0.4, -0.2) is 40.0 Å². The van der Waals surface area contributed by atoms with Crippen LogP contribution in [0.25, 0.3) is 5.69 Å². The number of alkyl halides is 3. The Morgan fingerprint density at radius 3 is 2.52 bits per heavy atom. The molecule has 1 saturated heterocycles. The average Bonchev–Trinajstić information content (AvgIpc) is 3.09. The van der Waals surface area contributed by atoms with Gasteiger partial charge >= 0.3 is 12.1 Å².